The number of aromatic nitrogens is 1. The van der Waals surface area contributed by atoms with Crippen LogP contribution in [0, 0.1) is 0 Å². The number of benzene rings is 1. The van der Waals surface area contributed by atoms with Gasteiger partial charge in [-0.2, -0.15) is 22.0 Å². The van der Waals surface area contributed by atoms with Gasteiger partial charge in [0.05, 0.1) is 0 Å². The van der Waals surface area contributed by atoms with Crippen molar-refractivity contribution in [1.29, 1.82) is 0 Å². The van der Waals surface area contributed by atoms with Gasteiger partial charge in [0, 0.05) is 23.5 Å². The summed E-state index contributed by atoms with van der Waals surface area (Å²) in [6, 6.07) is 6.39. The van der Waals surface area contributed by atoms with E-state index in [1.54, 1.807) is 12.1 Å². The number of H-pyrrole nitrogens is 1. The maximum atomic E-state index is 12.4. The van der Waals surface area contributed by atoms with E-state index in [0.717, 1.165) is 19.5 Å². The monoisotopic (exact) mass is 409 g/mol. The maximum absolute atomic E-state index is 12.4. The van der Waals surface area contributed by atoms with Crippen LogP contribution in [-0.4, -0.2) is 53.9 Å². The molecule has 1 saturated heterocycles. The van der Waals surface area contributed by atoms with Crippen molar-refractivity contribution in [1.82, 2.24) is 15.6 Å². The molecule has 0 unspecified atom stereocenters. The number of carboxylic acid groups (broad SMARTS) is 1. The Morgan fingerprint density at radius 3 is 2.50 bits per heavy atom. The third kappa shape index (κ3) is 5.81. The van der Waals surface area contributed by atoms with Crippen molar-refractivity contribution in [2.45, 2.75) is 25.3 Å². The molecule has 12 heteroatoms. The van der Waals surface area contributed by atoms with Crippen LogP contribution in [0.25, 0.3) is 10.9 Å². The molecule has 154 valence electrons. The molecule has 1 amide bonds. The molecular formula is C16H16F5N3O4. The van der Waals surface area contributed by atoms with Crippen LogP contribution >= 0.6 is 0 Å². The zero-order valence-corrected chi connectivity index (χ0v) is 14.1. The second-order valence-electron chi connectivity index (χ2n) is 5.74. The van der Waals surface area contributed by atoms with Crippen molar-refractivity contribution < 1.29 is 41.4 Å². The number of hydrogen-bond acceptors (Lipinski definition) is 4. The number of ether oxygens (including phenoxy) is 1. The fourth-order valence-electron chi connectivity index (χ4n) is 2.49. The fraction of sp³-hybridized carbons (Fsp3) is 0.375. The van der Waals surface area contributed by atoms with Gasteiger partial charge in [0.15, 0.2) is 0 Å². The summed E-state index contributed by atoms with van der Waals surface area (Å²) in [5.41, 5.74) is 0.921. The molecule has 28 heavy (non-hydrogen) atoms. The Balaban J connectivity index is 0.000000345. The first-order valence-corrected chi connectivity index (χ1v) is 7.96. The summed E-state index contributed by atoms with van der Waals surface area (Å²) in [6.45, 7) is -1.28. The quantitative estimate of drug-likeness (QED) is 0.581. The molecule has 0 aliphatic carbocycles. The minimum absolute atomic E-state index is 0.0559. The summed E-state index contributed by atoms with van der Waals surface area (Å²) < 4.78 is 60.9. The van der Waals surface area contributed by atoms with E-state index in [4.69, 9.17) is 9.90 Å². The van der Waals surface area contributed by atoms with Crippen LogP contribution in [0.5, 0.6) is 5.75 Å². The average molecular weight is 409 g/mol. The Kier molecular flexibility index (Phi) is 6.78. The molecule has 1 aliphatic heterocycles. The van der Waals surface area contributed by atoms with E-state index < -0.39 is 18.8 Å². The number of alkyl halides is 5. The van der Waals surface area contributed by atoms with Gasteiger partial charge in [0.2, 0.25) is 0 Å². The van der Waals surface area contributed by atoms with E-state index in [0.29, 0.717) is 16.6 Å². The van der Waals surface area contributed by atoms with Gasteiger partial charge in [-0.25, -0.2) is 4.79 Å². The highest BCUT2D eigenvalue weighted by Crippen LogP contribution is 2.27. The zero-order chi connectivity index (χ0) is 20.9. The number of hydrogen-bond donors (Lipinski definition) is 4. The van der Waals surface area contributed by atoms with Gasteiger partial charge in [0.1, 0.15) is 11.4 Å². The largest absolute Gasteiger partial charge is 0.490 e. The van der Waals surface area contributed by atoms with E-state index >= 15 is 0 Å². The van der Waals surface area contributed by atoms with Crippen molar-refractivity contribution in [3.8, 4) is 5.75 Å². The highest BCUT2D eigenvalue weighted by atomic mass is 19.4. The molecule has 0 bridgehead atoms. The molecule has 4 N–H and O–H groups in total. The van der Waals surface area contributed by atoms with Crippen molar-refractivity contribution >= 4 is 22.8 Å². The minimum atomic E-state index is -5.08. The van der Waals surface area contributed by atoms with E-state index in [9.17, 15) is 26.7 Å². The van der Waals surface area contributed by atoms with Gasteiger partial charge in [0.25, 0.3) is 5.91 Å². The Labute approximate surface area is 154 Å². The van der Waals surface area contributed by atoms with E-state index in [2.05, 4.69) is 20.4 Å². The number of halogens is 5. The first-order valence-electron chi connectivity index (χ1n) is 7.96. The van der Waals surface area contributed by atoms with Crippen molar-refractivity contribution in [2.24, 2.45) is 0 Å². The molecule has 0 spiro atoms. The van der Waals surface area contributed by atoms with Crippen molar-refractivity contribution in [3.05, 3.63) is 30.0 Å². The number of carbonyl (C=O) groups excluding carboxylic acids is 1. The van der Waals surface area contributed by atoms with E-state index in [-0.39, 0.29) is 17.7 Å². The molecule has 7 nitrogen and oxygen atoms in total. The Hall–Kier alpha value is -2.89. The second-order valence-corrected chi connectivity index (χ2v) is 5.74. The molecule has 2 heterocycles. The lowest BCUT2D eigenvalue weighted by Crippen LogP contribution is -2.36. The Morgan fingerprint density at radius 1 is 1.29 bits per heavy atom. The number of aliphatic carboxylic acids is 1. The predicted molar refractivity (Wildman–Crippen MR) is 87.4 cm³/mol. The van der Waals surface area contributed by atoms with Gasteiger partial charge in [-0.05, 0) is 31.2 Å². The number of carbonyl (C=O) groups is 2. The lowest BCUT2D eigenvalue weighted by Gasteiger charge is -2.09. The molecule has 1 aromatic heterocycles. The smallest absolute Gasteiger partial charge is 0.475 e. The highest BCUT2D eigenvalue weighted by molar-refractivity contribution is 5.99. The van der Waals surface area contributed by atoms with Crippen LogP contribution in [0.3, 0.4) is 0 Å². The van der Waals surface area contributed by atoms with Gasteiger partial charge in [-0.1, -0.05) is 6.07 Å². The number of nitrogens with one attached hydrogen (secondary N) is 3. The summed E-state index contributed by atoms with van der Waals surface area (Å²) >= 11 is 0. The van der Waals surface area contributed by atoms with Crippen LogP contribution in [0.4, 0.5) is 22.0 Å². The molecule has 0 radical (unpaired) electrons. The lowest BCUT2D eigenvalue weighted by atomic mass is 10.2. The topological polar surface area (TPSA) is 103 Å². The molecule has 1 fully saturated rings. The molecule has 2 aromatic rings. The standard InChI is InChI=1S/C14H15F2N3O2.C2HF3O2/c15-14(16)21-12-3-1-2-10-9(12)6-11(19-10)13(20)18-8-4-5-17-7-8;3-2(4,5)1(6)7/h1-3,6,8,14,17,19H,4-5,7H2,(H,18,20);(H,6,7)/t8-;/m1./s1. The predicted octanol–water partition coefficient (Wildman–Crippen LogP) is 2.49. The summed E-state index contributed by atoms with van der Waals surface area (Å²) in [7, 11) is 0. The summed E-state index contributed by atoms with van der Waals surface area (Å²) in [6.07, 6.45) is -4.20. The van der Waals surface area contributed by atoms with Gasteiger partial charge >= 0.3 is 18.8 Å². The van der Waals surface area contributed by atoms with E-state index in [1.807, 2.05) is 0 Å². The Morgan fingerprint density at radius 2 is 1.96 bits per heavy atom. The zero-order valence-electron chi connectivity index (χ0n) is 14.1. The van der Waals surface area contributed by atoms with Crippen molar-refractivity contribution in [3.63, 3.8) is 0 Å². The Bertz CT molecular complexity index is 831. The second kappa shape index (κ2) is 8.87. The maximum Gasteiger partial charge on any atom is 0.490 e. The minimum Gasteiger partial charge on any atom is -0.475 e. The van der Waals surface area contributed by atoms with E-state index in [1.165, 1.54) is 12.1 Å². The number of rotatable bonds is 4. The highest BCUT2D eigenvalue weighted by Gasteiger charge is 2.38. The SMILES string of the molecule is O=C(N[C@@H]1CCNC1)c1cc2c(OC(F)F)cccc2[nH]1.O=C(O)C(F)(F)F. The summed E-state index contributed by atoms with van der Waals surface area (Å²) in [5.74, 6) is -2.95. The van der Waals surface area contributed by atoms with Gasteiger partial charge < -0.3 is 25.5 Å². The van der Waals surface area contributed by atoms with Crippen LogP contribution in [-0.2, 0) is 4.79 Å². The number of fused-ring (bicyclic) bond motifs is 1. The summed E-state index contributed by atoms with van der Waals surface area (Å²) in [4.78, 5) is 24.0. The third-order valence-electron chi connectivity index (χ3n) is 3.72. The van der Waals surface area contributed by atoms with Crippen LogP contribution in [0.15, 0.2) is 24.3 Å². The molecular weight excluding hydrogens is 393 g/mol. The fourth-order valence-corrected chi connectivity index (χ4v) is 2.49. The molecule has 1 aliphatic rings. The molecule has 3 rings (SSSR count). The summed E-state index contributed by atoms with van der Waals surface area (Å²) in [5, 5.41) is 13.6. The van der Waals surface area contributed by atoms with Gasteiger partial charge in [-0.15, -0.1) is 0 Å². The molecule has 1 atom stereocenters. The van der Waals surface area contributed by atoms with Gasteiger partial charge in [-0.3, -0.25) is 4.79 Å². The average Bonchev–Trinajstić information content (AvgIpc) is 3.23. The van der Waals surface area contributed by atoms with Crippen molar-refractivity contribution in [2.75, 3.05) is 13.1 Å². The van der Waals surface area contributed by atoms with Crippen LogP contribution in [0.2, 0.25) is 0 Å². The van der Waals surface area contributed by atoms with Crippen LogP contribution in [0.1, 0.15) is 16.9 Å². The normalized spacial score (nSPS) is 16.6. The first kappa shape index (κ1) is 21.4. The van der Waals surface area contributed by atoms with Crippen LogP contribution < -0.4 is 15.4 Å². The molecule has 0 saturated carbocycles. The molecule has 1 aromatic carbocycles. The number of carboxylic acids is 1. The number of aromatic amines is 1. The lowest BCUT2D eigenvalue weighted by molar-refractivity contribution is -0.192. The third-order valence-corrected chi connectivity index (χ3v) is 3.72. The number of amides is 1. The first-order chi connectivity index (χ1) is 13.1.